The van der Waals surface area contributed by atoms with E-state index in [9.17, 15) is 22.8 Å². The summed E-state index contributed by atoms with van der Waals surface area (Å²) in [5.41, 5.74) is 6.49. The van der Waals surface area contributed by atoms with Crippen LogP contribution in [0.4, 0.5) is 0 Å². The normalized spacial score (nSPS) is 27.9. The molecule has 4 atom stereocenters. The number of ether oxygens (including phenoxy) is 1. The molecule has 3 unspecified atom stereocenters. The summed E-state index contributed by atoms with van der Waals surface area (Å²) in [6.07, 6.45) is 11.7. The summed E-state index contributed by atoms with van der Waals surface area (Å²) in [6.45, 7) is 4.73. The first-order chi connectivity index (χ1) is 23.6. The summed E-state index contributed by atoms with van der Waals surface area (Å²) in [6, 6.07) is 6.50. The number of fused-ring (bicyclic) bond motifs is 7. The molecule has 3 aliphatic heterocycles. The van der Waals surface area contributed by atoms with Crippen molar-refractivity contribution >= 4 is 38.6 Å². The zero-order valence-electron chi connectivity index (χ0n) is 28.2. The van der Waals surface area contributed by atoms with E-state index in [1.54, 1.807) is 14.0 Å². The third-order valence-corrected chi connectivity index (χ3v) is 14.3. The van der Waals surface area contributed by atoms with E-state index in [0.29, 0.717) is 63.5 Å². The third kappa shape index (κ3) is 5.01. The minimum absolute atomic E-state index is 0.0905. The zero-order chi connectivity index (χ0) is 33.8. The molecule has 2 saturated carbocycles. The van der Waals surface area contributed by atoms with Gasteiger partial charge in [-0.3, -0.25) is 14.4 Å². The van der Waals surface area contributed by atoms with E-state index in [2.05, 4.69) is 39.6 Å². The molecule has 0 spiro atoms. The molecule has 9 rings (SSSR count). The Morgan fingerprint density at radius 1 is 0.939 bits per heavy atom. The fourth-order valence-electron chi connectivity index (χ4n) is 9.82. The van der Waals surface area contributed by atoms with Gasteiger partial charge in [-0.2, -0.15) is 0 Å². The van der Waals surface area contributed by atoms with Gasteiger partial charge in [-0.1, -0.05) is 37.5 Å². The van der Waals surface area contributed by atoms with Crippen LogP contribution in [0.2, 0.25) is 0 Å². The van der Waals surface area contributed by atoms with Crippen LogP contribution >= 0.6 is 0 Å². The van der Waals surface area contributed by atoms with Crippen molar-refractivity contribution in [1.82, 2.24) is 19.1 Å². The minimum Gasteiger partial charge on any atom is -0.496 e. The highest BCUT2D eigenvalue weighted by atomic mass is 32.2. The topological polar surface area (TPSA) is 118 Å². The quantitative estimate of drug-likeness (QED) is 0.478. The van der Waals surface area contributed by atoms with Gasteiger partial charge in [-0.15, -0.1) is 0 Å². The van der Waals surface area contributed by atoms with Gasteiger partial charge >= 0.3 is 0 Å². The summed E-state index contributed by atoms with van der Waals surface area (Å²) in [5, 5.41) is 0.522. The average molecular weight is 685 g/mol. The standard InChI is InChI=1S/C38H44N4O6S/c1-21(43)40-16-23-18-41(19-24(23)17-40)38(45)28-10-6-9-27-33(28)31-15-29-32(48-2)14-13-26(22-7-4-3-5-8-22)36(29)42(31)20-30-34(27)35(30)37(44)39-49(46,47)25-11-12-25/h6,9,13-15,22-25,28,33H,3-5,7-8,10-12,16-20H2,1-2H3,(H,39,44)/t23?,24?,28-,33?/m1/s1. The Morgan fingerprint density at radius 3 is 2.33 bits per heavy atom. The van der Waals surface area contributed by atoms with Crippen LogP contribution in [0.1, 0.15) is 81.4 Å². The van der Waals surface area contributed by atoms with E-state index in [1.165, 1.54) is 24.8 Å². The van der Waals surface area contributed by atoms with Crippen LogP contribution in [0.25, 0.3) is 10.9 Å². The first-order valence-corrected chi connectivity index (χ1v) is 19.6. The molecule has 2 saturated heterocycles. The number of nitrogens with zero attached hydrogens (tertiary/aromatic N) is 3. The Balaban J connectivity index is 1.15. The van der Waals surface area contributed by atoms with E-state index in [4.69, 9.17) is 4.74 Å². The molecule has 49 heavy (non-hydrogen) atoms. The van der Waals surface area contributed by atoms with Crippen LogP contribution in [-0.2, 0) is 31.0 Å². The number of aromatic nitrogens is 1. The predicted molar refractivity (Wildman–Crippen MR) is 184 cm³/mol. The largest absolute Gasteiger partial charge is 0.496 e. The first kappa shape index (κ1) is 31.1. The zero-order valence-corrected chi connectivity index (χ0v) is 29.1. The number of carbonyl (C=O) groups is 3. The molecule has 4 fully saturated rings. The van der Waals surface area contributed by atoms with Gasteiger partial charge in [0, 0.05) is 68.5 Å². The highest BCUT2D eigenvalue weighted by Gasteiger charge is 2.50. The molecular weight excluding hydrogens is 641 g/mol. The lowest BCUT2D eigenvalue weighted by molar-refractivity contribution is -0.135. The van der Waals surface area contributed by atoms with Crippen LogP contribution in [-0.4, -0.2) is 79.0 Å². The Labute approximate surface area is 287 Å². The lowest BCUT2D eigenvalue weighted by atomic mass is 9.76. The lowest BCUT2D eigenvalue weighted by Gasteiger charge is -2.33. The number of sulfonamides is 1. The van der Waals surface area contributed by atoms with Gasteiger partial charge in [-0.25, -0.2) is 13.1 Å². The molecule has 10 nitrogen and oxygen atoms in total. The van der Waals surface area contributed by atoms with E-state index in [0.717, 1.165) is 51.9 Å². The van der Waals surface area contributed by atoms with Crippen molar-refractivity contribution < 1.29 is 27.5 Å². The van der Waals surface area contributed by atoms with Crippen LogP contribution < -0.4 is 9.46 Å². The van der Waals surface area contributed by atoms with Crippen LogP contribution in [0.5, 0.6) is 5.75 Å². The summed E-state index contributed by atoms with van der Waals surface area (Å²) in [4.78, 5) is 44.4. The van der Waals surface area contributed by atoms with Crippen LogP contribution in [0, 0.1) is 17.8 Å². The van der Waals surface area contributed by atoms with Gasteiger partial charge in [0.25, 0.3) is 5.91 Å². The van der Waals surface area contributed by atoms with E-state index >= 15 is 0 Å². The van der Waals surface area contributed by atoms with E-state index < -0.39 is 21.2 Å². The summed E-state index contributed by atoms with van der Waals surface area (Å²) < 4.78 is 36.4. The van der Waals surface area contributed by atoms with Crippen molar-refractivity contribution in [2.75, 3.05) is 33.3 Å². The Bertz CT molecular complexity index is 2000. The smallest absolute Gasteiger partial charge is 0.265 e. The molecule has 0 radical (unpaired) electrons. The number of nitrogens with one attached hydrogen (secondary N) is 1. The molecule has 258 valence electrons. The van der Waals surface area contributed by atoms with Crippen LogP contribution in [0.15, 0.2) is 52.6 Å². The fraction of sp³-hybridized carbons (Fsp3) is 0.553. The van der Waals surface area contributed by atoms with E-state index in [1.807, 2.05) is 9.80 Å². The molecule has 1 aromatic heterocycles. The van der Waals surface area contributed by atoms with Crippen molar-refractivity contribution in [3.63, 3.8) is 0 Å². The number of amides is 3. The highest BCUT2D eigenvalue weighted by Crippen LogP contribution is 2.55. The number of hydrogen-bond donors (Lipinski definition) is 1. The molecule has 7 aliphatic rings. The van der Waals surface area contributed by atoms with Crippen molar-refractivity contribution in [3.8, 4) is 5.75 Å². The second kappa shape index (κ2) is 11.3. The maximum atomic E-state index is 14.7. The molecule has 4 heterocycles. The number of hydrogen-bond acceptors (Lipinski definition) is 6. The summed E-state index contributed by atoms with van der Waals surface area (Å²) in [7, 11) is -2.03. The second-order valence-electron chi connectivity index (χ2n) is 15.4. The summed E-state index contributed by atoms with van der Waals surface area (Å²) in [5.74, 6) is 0.738. The number of likely N-dealkylation sites (tertiary alicyclic amines) is 2. The van der Waals surface area contributed by atoms with Gasteiger partial charge < -0.3 is 19.1 Å². The first-order valence-electron chi connectivity index (χ1n) is 18.1. The SMILES string of the molecule is COc1ccc(C2CCCCC2)c2c1cc1n2CC2=C(C(=O)NS(=O)(=O)C3CC3)C2=C2C=CC[C@@H](C(=O)N3CC4CN(C(C)=O)CC4C3)C21. The molecule has 0 bridgehead atoms. The molecule has 2 aromatic rings. The average Bonchev–Trinajstić information content (AvgIpc) is 3.96. The Hall–Kier alpha value is -3.86. The number of benzene rings is 1. The van der Waals surface area contributed by atoms with Crippen molar-refractivity contribution in [2.24, 2.45) is 17.8 Å². The van der Waals surface area contributed by atoms with Gasteiger partial charge in [0.05, 0.1) is 29.4 Å². The van der Waals surface area contributed by atoms with Crippen molar-refractivity contribution in [3.05, 3.63) is 63.9 Å². The third-order valence-electron chi connectivity index (χ3n) is 12.5. The van der Waals surface area contributed by atoms with Gasteiger partial charge in [0.1, 0.15) is 5.75 Å². The molecule has 1 aromatic carbocycles. The maximum Gasteiger partial charge on any atom is 0.265 e. The fourth-order valence-corrected chi connectivity index (χ4v) is 11.1. The Kier molecular flexibility index (Phi) is 7.20. The monoisotopic (exact) mass is 684 g/mol. The van der Waals surface area contributed by atoms with Gasteiger partial charge in [0.2, 0.25) is 21.8 Å². The van der Waals surface area contributed by atoms with Gasteiger partial charge in [0.15, 0.2) is 0 Å². The highest BCUT2D eigenvalue weighted by molar-refractivity contribution is 7.91. The number of allylic oxidation sites excluding steroid dienone is 4. The van der Waals surface area contributed by atoms with Crippen molar-refractivity contribution in [2.45, 2.75) is 81.9 Å². The lowest BCUT2D eigenvalue weighted by Crippen LogP contribution is -2.40. The molecule has 3 amide bonds. The molecule has 11 heteroatoms. The molecular formula is C38H44N4O6S. The predicted octanol–water partition coefficient (Wildman–Crippen LogP) is 4.52. The second-order valence-corrected chi connectivity index (χ2v) is 17.3. The number of rotatable bonds is 6. The summed E-state index contributed by atoms with van der Waals surface area (Å²) >= 11 is 0. The molecule has 1 N–H and O–H groups in total. The Morgan fingerprint density at radius 2 is 1.65 bits per heavy atom. The van der Waals surface area contributed by atoms with Crippen LogP contribution in [0.3, 0.4) is 0 Å². The number of methoxy groups -OCH3 is 1. The van der Waals surface area contributed by atoms with E-state index in [-0.39, 0.29) is 35.5 Å². The number of carbonyl (C=O) groups excluding carboxylic acids is 3. The minimum atomic E-state index is -3.72. The van der Waals surface area contributed by atoms with Crippen molar-refractivity contribution in [1.29, 1.82) is 0 Å². The maximum absolute atomic E-state index is 14.7. The molecule has 4 aliphatic carbocycles. The van der Waals surface area contributed by atoms with Gasteiger partial charge in [-0.05, 0) is 72.4 Å².